The first-order valence-electron chi connectivity index (χ1n) is 6.04. The number of hydrogen-bond donors (Lipinski definition) is 0. The largest absolute Gasteiger partial charge is 1.00 e. The van der Waals surface area contributed by atoms with Gasteiger partial charge in [-0.1, -0.05) is 0 Å². The van der Waals surface area contributed by atoms with Gasteiger partial charge in [-0.2, -0.15) is 0 Å². The summed E-state index contributed by atoms with van der Waals surface area (Å²) in [5.41, 5.74) is -1.41. The zero-order valence-electron chi connectivity index (χ0n) is 12.2. The van der Waals surface area contributed by atoms with Gasteiger partial charge in [-0.15, -0.1) is 0 Å². The molecule has 0 aromatic rings. The Labute approximate surface area is 141 Å². The Kier molecular flexibility index (Phi) is 5.22. The Hall–Kier alpha value is 0.140. The molecule has 2 saturated heterocycles. The Morgan fingerprint density at radius 1 is 1.40 bits per heavy atom. The Morgan fingerprint density at radius 2 is 1.95 bits per heavy atom. The standard InChI is InChI=1S/C11H19NO6S.Na/c1-10(2,3)18-9(13)12-4-8(19(14,15)16)11(5-12)6-17-7-11;/h8H,4-7H2,1-3H3,(H,14,15,16);/q;+1/p-1. The van der Waals surface area contributed by atoms with Crippen LogP contribution in [-0.2, 0) is 19.6 Å². The predicted molar refractivity (Wildman–Crippen MR) is 64.5 cm³/mol. The van der Waals surface area contributed by atoms with Gasteiger partial charge in [-0.3, -0.25) is 0 Å². The van der Waals surface area contributed by atoms with Crippen molar-refractivity contribution in [1.29, 1.82) is 0 Å². The Balaban J connectivity index is 0.00000200. The molecule has 2 heterocycles. The summed E-state index contributed by atoms with van der Waals surface area (Å²) in [5, 5.41) is -1.11. The van der Waals surface area contributed by atoms with E-state index in [9.17, 15) is 17.8 Å². The van der Waals surface area contributed by atoms with Gasteiger partial charge in [-0.25, -0.2) is 13.2 Å². The second kappa shape index (κ2) is 5.73. The number of amides is 1. The van der Waals surface area contributed by atoms with Crippen molar-refractivity contribution in [2.75, 3.05) is 26.3 Å². The van der Waals surface area contributed by atoms with E-state index in [1.165, 1.54) is 4.90 Å². The van der Waals surface area contributed by atoms with E-state index in [1.807, 2.05) is 0 Å². The maximum absolute atomic E-state index is 11.9. The van der Waals surface area contributed by atoms with Gasteiger partial charge in [0.2, 0.25) is 0 Å². The molecule has 9 heteroatoms. The summed E-state index contributed by atoms with van der Waals surface area (Å²) >= 11 is 0. The van der Waals surface area contributed by atoms with Crippen LogP contribution in [0, 0.1) is 5.41 Å². The van der Waals surface area contributed by atoms with Crippen molar-refractivity contribution in [3.8, 4) is 0 Å². The van der Waals surface area contributed by atoms with Gasteiger partial charge in [-0.05, 0) is 20.8 Å². The molecule has 20 heavy (non-hydrogen) atoms. The third-order valence-electron chi connectivity index (χ3n) is 3.35. The van der Waals surface area contributed by atoms with Crippen LogP contribution >= 0.6 is 0 Å². The van der Waals surface area contributed by atoms with Gasteiger partial charge >= 0.3 is 35.7 Å². The van der Waals surface area contributed by atoms with E-state index < -0.39 is 32.5 Å². The van der Waals surface area contributed by atoms with E-state index in [1.54, 1.807) is 20.8 Å². The van der Waals surface area contributed by atoms with Gasteiger partial charge in [0.25, 0.3) is 0 Å². The number of likely N-dealkylation sites (tertiary alicyclic amines) is 1. The van der Waals surface area contributed by atoms with Crippen molar-refractivity contribution >= 4 is 16.2 Å². The molecule has 0 aliphatic carbocycles. The molecular weight excluding hydrogens is 297 g/mol. The summed E-state index contributed by atoms with van der Waals surface area (Å²) in [6.07, 6.45) is -0.593. The van der Waals surface area contributed by atoms with Crippen molar-refractivity contribution in [2.45, 2.75) is 31.6 Å². The Bertz CT molecular complexity index is 482. The van der Waals surface area contributed by atoms with E-state index in [-0.39, 0.29) is 55.9 Å². The fourth-order valence-corrected chi connectivity index (χ4v) is 3.63. The van der Waals surface area contributed by atoms with Crippen LogP contribution in [0.15, 0.2) is 0 Å². The maximum Gasteiger partial charge on any atom is 1.00 e. The summed E-state index contributed by atoms with van der Waals surface area (Å²) in [6.45, 7) is 5.64. The average Bonchev–Trinajstić information content (AvgIpc) is 2.53. The van der Waals surface area contributed by atoms with Crippen LogP contribution in [-0.4, -0.2) is 61.1 Å². The molecule has 1 spiro atoms. The molecule has 2 rings (SSSR count). The first kappa shape index (κ1) is 18.2. The zero-order valence-corrected chi connectivity index (χ0v) is 15.0. The fraction of sp³-hybridized carbons (Fsp3) is 0.909. The quantitative estimate of drug-likeness (QED) is 0.382. The second-order valence-electron chi connectivity index (χ2n) is 6.20. The number of carbonyl (C=O) groups is 1. The fourth-order valence-electron chi connectivity index (χ4n) is 2.44. The third-order valence-corrected chi connectivity index (χ3v) is 4.70. The van der Waals surface area contributed by atoms with Crippen molar-refractivity contribution in [2.24, 2.45) is 5.41 Å². The summed E-state index contributed by atoms with van der Waals surface area (Å²) < 4.78 is 44.1. The van der Waals surface area contributed by atoms with Crippen LogP contribution in [0.25, 0.3) is 0 Å². The van der Waals surface area contributed by atoms with E-state index >= 15 is 0 Å². The van der Waals surface area contributed by atoms with E-state index in [0.717, 1.165) is 0 Å². The van der Waals surface area contributed by atoms with Crippen molar-refractivity contribution < 1.29 is 56.8 Å². The van der Waals surface area contributed by atoms with Crippen LogP contribution < -0.4 is 29.6 Å². The van der Waals surface area contributed by atoms with Crippen molar-refractivity contribution in [3.05, 3.63) is 0 Å². The molecule has 2 aliphatic rings. The molecular formula is C11H18NNaO6S. The number of ether oxygens (including phenoxy) is 2. The molecule has 0 saturated carbocycles. The minimum absolute atomic E-state index is 0. The summed E-state index contributed by atoms with van der Waals surface area (Å²) in [4.78, 5) is 13.2. The predicted octanol–water partition coefficient (Wildman–Crippen LogP) is -2.83. The van der Waals surface area contributed by atoms with Crippen LogP contribution in [0.3, 0.4) is 0 Å². The van der Waals surface area contributed by atoms with Gasteiger partial charge in [0.15, 0.2) is 0 Å². The average molecular weight is 315 g/mol. The molecule has 0 radical (unpaired) electrons. The van der Waals surface area contributed by atoms with Crippen LogP contribution in [0.4, 0.5) is 4.79 Å². The van der Waals surface area contributed by atoms with Crippen LogP contribution in [0.2, 0.25) is 0 Å². The van der Waals surface area contributed by atoms with Gasteiger partial charge in [0, 0.05) is 13.1 Å². The SMILES string of the molecule is CC(C)(C)OC(=O)N1CC(S(=O)(=O)[O-])C2(COC2)C1.[Na+]. The molecule has 1 atom stereocenters. The molecule has 2 fully saturated rings. The molecule has 7 nitrogen and oxygen atoms in total. The zero-order chi connectivity index (χ0) is 14.5. The molecule has 0 aromatic heterocycles. The summed E-state index contributed by atoms with van der Waals surface area (Å²) in [5.74, 6) is 0. The van der Waals surface area contributed by atoms with E-state index in [2.05, 4.69) is 0 Å². The first-order chi connectivity index (χ1) is 8.54. The number of nitrogens with zero attached hydrogens (tertiary/aromatic N) is 1. The molecule has 1 unspecified atom stereocenters. The first-order valence-corrected chi connectivity index (χ1v) is 7.51. The molecule has 2 aliphatic heterocycles. The number of carbonyl (C=O) groups excluding carboxylic acids is 1. The number of hydrogen-bond acceptors (Lipinski definition) is 6. The molecule has 110 valence electrons. The molecule has 0 N–H and O–H groups in total. The van der Waals surface area contributed by atoms with Gasteiger partial charge in [0.1, 0.15) is 15.7 Å². The maximum atomic E-state index is 11.9. The van der Waals surface area contributed by atoms with Crippen molar-refractivity contribution in [3.63, 3.8) is 0 Å². The Morgan fingerprint density at radius 3 is 2.25 bits per heavy atom. The molecule has 0 bridgehead atoms. The van der Waals surface area contributed by atoms with Crippen LogP contribution in [0.1, 0.15) is 20.8 Å². The summed E-state index contributed by atoms with van der Waals surface area (Å²) in [7, 11) is -4.46. The monoisotopic (exact) mass is 315 g/mol. The van der Waals surface area contributed by atoms with Gasteiger partial charge in [0.05, 0.1) is 23.9 Å². The minimum Gasteiger partial charge on any atom is -0.748 e. The topological polar surface area (TPSA) is 96.0 Å². The normalized spacial score (nSPS) is 25.0. The minimum atomic E-state index is -4.46. The number of rotatable bonds is 1. The van der Waals surface area contributed by atoms with Crippen molar-refractivity contribution in [1.82, 2.24) is 4.90 Å². The molecule has 1 amide bonds. The second-order valence-corrected chi connectivity index (χ2v) is 7.75. The molecule has 0 aromatic carbocycles. The van der Waals surface area contributed by atoms with Crippen LogP contribution in [0.5, 0.6) is 0 Å². The van der Waals surface area contributed by atoms with Gasteiger partial charge < -0.3 is 18.9 Å². The smallest absolute Gasteiger partial charge is 0.748 e. The van der Waals surface area contributed by atoms with E-state index in [4.69, 9.17) is 9.47 Å². The van der Waals surface area contributed by atoms with E-state index in [0.29, 0.717) is 0 Å². The summed E-state index contributed by atoms with van der Waals surface area (Å²) in [6, 6.07) is 0. The third kappa shape index (κ3) is 3.66.